The van der Waals surface area contributed by atoms with Gasteiger partial charge in [-0.1, -0.05) is 394 Å². The van der Waals surface area contributed by atoms with E-state index >= 15 is 0 Å². The summed E-state index contributed by atoms with van der Waals surface area (Å²) in [6.45, 7) is 0. The van der Waals surface area contributed by atoms with Crippen molar-refractivity contribution in [3.63, 3.8) is 0 Å². The molecule has 0 heterocycles. The number of hydrogen-bond acceptors (Lipinski definition) is 0. The van der Waals surface area contributed by atoms with E-state index in [0.29, 0.717) is 0 Å². The zero-order valence-electron chi connectivity index (χ0n) is 65.9. The largest absolute Gasteiger partial charge is 0.0616 e. The van der Waals surface area contributed by atoms with E-state index in [1.165, 1.54) is 241 Å². The van der Waals surface area contributed by atoms with Crippen molar-refractivity contribution in [3.8, 4) is 111 Å². The van der Waals surface area contributed by atoms with Crippen molar-refractivity contribution in [1.82, 2.24) is 0 Å². The van der Waals surface area contributed by atoms with E-state index < -0.39 is 0 Å². The van der Waals surface area contributed by atoms with Gasteiger partial charge >= 0.3 is 0 Å². The SMILES string of the molecule is c1ccc2cc(-c3ccc4ccc(-c5ccc6ccccc6c5)c(-c5ccc6c(-c7cccc8ccccc78)cc(-c7cccc8ccccc78)cc6c5)c4c3)ccc2c1.c1ccc2cc(-c3cccc4c(-c5ccc6c(-c7cccc8ccccc78)cc(-c7cccc8ccccc78)cc6c5)ccc(-c5ccc6ccccc6c5)c34)ccc2c1. The van der Waals surface area contributed by atoms with E-state index in [-0.39, 0.29) is 0 Å². The lowest BCUT2D eigenvalue weighted by Gasteiger charge is -2.18. The lowest BCUT2D eigenvalue weighted by molar-refractivity contribution is 1.62. The predicted octanol–water partition coefficient (Wildman–Crippen LogP) is 33.9. The second-order valence-corrected chi connectivity index (χ2v) is 32.1. The molecule has 24 aromatic rings. The number of rotatable bonds is 10. The Balaban J connectivity index is 0.000000140. The van der Waals surface area contributed by atoms with Crippen LogP contribution in [0.15, 0.2) is 461 Å². The molecule has 0 N–H and O–H groups in total. The van der Waals surface area contributed by atoms with E-state index in [2.05, 4.69) is 461 Å². The highest BCUT2D eigenvalue weighted by Crippen LogP contribution is 2.49. The zero-order valence-corrected chi connectivity index (χ0v) is 65.9. The van der Waals surface area contributed by atoms with Gasteiger partial charge in [0.15, 0.2) is 0 Å². The van der Waals surface area contributed by atoms with E-state index in [1.807, 2.05) is 0 Å². The minimum atomic E-state index is 1.20. The molecule has 0 saturated heterocycles. The van der Waals surface area contributed by atoms with Crippen molar-refractivity contribution >= 4 is 129 Å². The van der Waals surface area contributed by atoms with Crippen LogP contribution in [0.25, 0.3) is 241 Å². The number of benzene rings is 24. The Labute approximate surface area is 696 Å². The number of hydrogen-bond donors (Lipinski definition) is 0. The van der Waals surface area contributed by atoms with Gasteiger partial charge in [-0.05, 0) is 307 Å². The molecular formula is C120H76. The average Bonchev–Trinajstić information content (AvgIpc) is 0.761. The van der Waals surface area contributed by atoms with Gasteiger partial charge in [0.25, 0.3) is 0 Å². The second-order valence-electron chi connectivity index (χ2n) is 32.1. The zero-order chi connectivity index (χ0) is 79.1. The van der Waals surface area contributed by atoms with Crippen LogP contribution in [0, 0.1) is 0 Å². The van der Waals surface area contributed by atoms with Crippen molar-refractivity contribution in [2.45, 2.75) is 0 Å². The lowest BCUT2D eigenvalue weighted by Crippen LogP contribution is -1.92. The summed E-state index contributed by atoms with van der Waals surface area (Å²) in [5, 5.41) is 29.9. The van der Waals surface area contributed by atoms with Crippen LogP contribution in [0.3, 0.4) is 0 Å². The van der Waals surface area contributed by atoms with Crippen LogP contribution in [0.1, 0.15) is 0 Å². The first-order chi connectivity index (χ1) is 59.4. The Kier molecular flexibility index (Phi) is 17.1. The summed E-state index contributed by atoms with van der Waals surface area (Å²) in [5.41, 5.74) is 24.5. The third kappa shape index (κ3) is 12.4. The molecule has 0 nitrogen and oxygen atoms in total. The molecule has 120 heavy (non-hydrogen) atoms. The first-order valence-electron chi connectivity index (χ1n) is 41.6. The summed E-state index contributed by atoms with van der Waals surface area (Å²) >= 11 is 0. The maximum atomic E-state index is 2.45. The lowest BCUT2D eigenvalue weighted by atomic mass is 9.85. The van der Waals surface area contributed by atoms with Crippen molar-refractivity contribution in [1.29, 1.82) is 0 Å². The molecule has 0 amide bonds. The normalized spacial score (nSPS) is 11.7. The van der Waals surface area contributed by atoms with Crippen molar-refractivity contribution in [2.24, 2.45) is 0 Å². The van der Waals surface area contributed by atoms with Crippen LogP contribution < -0.4 is 0 Å². The van der Waals surface area contributed by atoms with Gasteiger partial charge in [0.2, 0.25) is 0 Å². The summed E-state index contributed by atoms with van der Waals surface area (Å²) in [4.78, 5) is 0. The first-order valence-corrected chi connectivity index (χ1v) is 41.6. The van der Waals surface area contributed by atoms with Crippen LogP contribution in [-0.2, 0) is 0 Å². The highest BCUT2D eigenvalue weighted by molar-refractivity contribution is 6.17. The van der Waals surface area contributed by atoms with Gasteiger partial charge in [0.05, 0.1) is 0 Å². The summed E-state index contributed by atoms with van der Waals surface area (Å²) in [6.07, 6.45) is 0. The Morgan fingerprint density at radius 3 is 0.817 bits per heavy atom. The maximum absolute atomic E-state index is 2.45. The second kappa shape index (κ2) is 29.3. The van der Waals surface area contributed by atoms with Crippen molar-refractivity contribution < 1.29 is 0 Å². The minimum Gasteiger partial charge on any atom is -0.0616 e. The molecule has 0 aliphatic heterocycles. The standard InChI is InChI=1S/2C60H38/c1-3-16-43-34-46(28-26-39(43)12-1)55-23-11-25-58-53(32-33-56(60(55)58)47-29-27-40-13-2-4-17-44(40)35-47)45-30-31-54-48(36-45)37-49(52-22-9-18-41-14-5-7-20-50(41)52)38-59(54)57-24-10-19-42-15-6-8-21-51(42)57;1-3-15-44-33-46(26-23-39(44)11-1)47-27-25-43-29-32-56(48-28-24-40-12-2-4-16-45(40)34-48)60(58(43)37-47)49-30-31-55-50(35-49)36-51(54-21-9-17-41-13-5-7-19-52(41)54)38-59(55)57-22-10-18-42-14-6-8-20-53(42)57/h2*1-38H. The molecule has 0 saturated carbocycles. The molecule has 0 fully saturated rings. The molecule has 24 rings (SSSR count). The molecule has 0 unspecified atom stereocenters. The van der Waals surface area contributed by atoms with Crippen molar-refractivity contribution in [3.05, 3.63) is 461 Å². The quantitative estimate of drug-likeness (QED) is 0.128. The van der Waals surface area contributed by atoms with E-state index in [9.17, 15) is 0 Å². The van der Waals surface area contributed by atoms with Gasteiger partial charge in [0.1, 0.15) is 0 Å². The van der Waals surface area contributed by atoms with E-state index in [4.69, 9.17) is 0 Å². The maximum Gasteiger partial charge on any atom is -0.00206 e. The number of fused-ring (bicyclic) bond motifs is 12. The highest BCUT2D eigenvalue weighted by atomic mass is 14.3. The third-order valence-electron chi connectivity index (χ3n) is 25.2. The van der Waals surface area contributed by atoms with Crippen LogP contribution >= 0.6 is 0 Å². The first kappa shape index (κ1) is 69.9. The summed E-state index contributed by atoms with van der Waals surface area (Å²) in [7, 11) is 0. The van der Waals surface area contributed by atoms with Gasteiger partial charge in [0, 0.05) is 0 Å². The van der Waals surface area contributed by atoms with Crippen LogP contribution in [-0.4, -0.2) is 0 Å². The fourth-order valence-electron chi connectivity index (χ4n) is 19.3. The Morgan fingerprint density at radius 2 is 0.342 bits per heavy atom. The van der Waals surface area contributed by atoms with Gasteiger partial charge in [-0.3, -0.25) is 0 Å². The van der Waals surface area contributed by atoms with Crippen LogP contribution in [0.5, 0.6) is 0 Å². The molecule has 0 aromatic heterocycles. The summed E-state index contributed by atoms with van der Waals surface area (Å²) in [5.74, 6) is 0. The minimum absolute atomic E-state index is 1.20. The highest BCUT2D eigenvalue weighted by Gasteiger charge is 2.22. The topological polar surface area (TPSA) is 0 Å². The molecule has 0 atom stereocenters. The molecule has 0 spiro atoms. The molecule has 0 aliphatic carbocycles. The summed E-state index contributed by atoms with van der Waals surface area (Å²) < 4.78 is 0. The summed E-state index contributed by atoms with van der Waals surface area (Å²) in [6, 6.07) is 171. The monoisotopic (exact) mass is 1520 g/mol. The molecule has 0 radical (unpaired) electrons. The molecule has 556 valence electrons. The van der Waals surface area contributed by atoms with Crippen LogP contribution in [0.4, 0.5) is 0 Å². The molecule has 24 aromatic carbocycles. The fourth-order valence-corrected chi connectivity index (χ4v) is 19.3. The predicted molar refractivity (Wildman–Crippen MR) is 517 cm³/mol. The molecule has 0 bridgehead atoms. The van der Waals surface area contributed by atoms with E-state index in [0.717, 1.165) is 0 Å². The smallest absolute Gasteiger partial charge is 0.00206 e. The average molecular weight is 1520 g/mol. The van der Waals surface area contributed by atoms with Crippen molar-refractivity contribution in [2.75, 3.05) is 0 Å². The molecule has 0 aliphatic rings. The van der Waals surface area contributed by atoms with Crippen LogP contribution in [0.2, 0.25) is 0 Å². The van der Waals surface area contributed by atoms with Gasteiger partial charge < -0.3 is 0 Å². The fraction of sp³-hybridized carbons (Fsp3) is 0. The molecular weight excluding hydrogens is 1440 g/mol. The van der Waals surface area contributed by atoms with E-state index in [1.54, 1.807) is 0 Å². The Bertz CT molecular complexity index is 8190. The van der Waals surface area contributed by atoms with Gasteiger partial charge in [-0.2, -0.15) is 0 Å². The Hall–Kier alpha value is -15.6. The van der Waals surface area contributed by atoms with Gasteiger partial charge in [-0.25, -0.2) is 0 Å². The third-order valence-corrected chi connectivity index (χ3v) is 25.2. The van der Waals surface area contributed by atoms with Gasteiger partial charge in [-0.15, -0.1) is 0 Å². The Morgan fingerprint density at radius 1 is 0.0917 bits per heavy atom. The molecule has 0 heteroatoms.